The molecule has 1 heterocycles. The summed E-state index contributed by atoms with van der Waals surface area (Å²) in [6.45, 7) is 2.10. The molecule has 0 unspecified atom stereocenters. The van der Waals surface area contributed by atoms with Gasteiger partial charge in [-0.3, -0.25) is 4.79 Å². The highest BCUT2D eigenvalue weighted by Crippen LogP contribution is 2.38. The van der Waals surface area contributed by atoms with Gasteiger partial charge in [-0.1, -0.05) is 0 Å². The van der Waals surface area contributed by atoms with Crippen LogP contribution in [0.15, 0.2) is 16.6 Å². The summed E-state index contributed by atoms with van der Waals surface area (Å²) in [5.41, 5.74) is 1.14. The molecule has 1 aliphatic heterocycles. The molecule has 1 saturated carbocycles. The van der Waals surface area contributed by atoms with Gasteiger partial charge in [0.15, 0.2) is 11.5 Å². The van der Waals surface area contributed by atoms with Crippen molar-refractivity contribution in [3.05, 3.63) is 22.2 Å². The van der Waals surface area contributed by atoms with Crippen molar-refractivity contribution in [3.63, 3.8) is 0 Å². The number of benzene rings is 1. The van der Waals surface area contributed by atoms with Crippen LogP contribution in [0.2, 0.25) is 0 Å². The van der Waals surface area contributed by atoms with Gasteiger partial charge in [-0.25, -0.2) is 0 Å². The van der Waals surface area contributed by atoms with Crippen LogP contribution in [0, 0.1) is 5.92 Å². The lowest BCUT2D eigenvalue weighted by Crippen LogP contribution is -2.34. The number of carbonyl (C=O) groups is 1. The molecule has 0 atom stereocenters. The average Bonchev–Trinajstić information content (AvgIpc) is 2.79. The van der Waals surface area contributed by atoms with E-state index >= 15 is 0 Å². The molecule has 2 aliphatic rings. The topological polar surface area (TPSA) is 67.8 Å². The minimum absolute atomic E-state index is 0.166. The van der Waals surface area contributed by atoms with Gasteiger partial charge < -0.3 is 19.9 Å². The van der Waals surface area contributed by atoms with Crippen molar-refractivity contribution >= 4 is 21.9 Å². The SMILES string of the molecule is O=C(O)C1CCC(NCc2cc(Br)c3c(c2)OCCCO3)CC1. The number of halogens is 1. The summed E-state index contributed by atoms with van der Waals surface area (Å²) >= 11 is 3.56. The second kappa shape index (κ2) is 7.53. The molecule has 1 aliphatic carbocycles. The summed E-state index contributed by atoms with van der Waals surface area (Å²) in [6, 6.07) is 4.48. The van der Waals surface area contributed by atoms with Gasteiger partial charge in [0.05, 0.1) is 23.6 Å². The molecule has 0 saturated heterocycles. The molecular formula is C17H22BrNO4. The van der Waals surface area contributed by atoms with Crippen molar-refractivity contribution in [2.45, 2.75) is 44.7 Å². The Balaban J connectivity index is 1.58. The maximum absolute atomic E-state index is 11.0. The number of aliphatic carboxylic acids is 1. The number of hydrogen-bond acceptors (Lipinski definition) is 4. The second-order valence-corrected chi connectivity index (χ2v) is 7.08. The van der Waals surface area contributed by atoms with Gasteiger partial charge in [0.2, 0.25) is 0 Å². The maximum Gasteiger partial charge on any atom is 0.306 e. The molecule has 126 valence electrons. The van der Waals surface area contributed by atoms with E-state index in [1.807, 2.05) is 6.07 Å². The van der Waals surface area contributed by atoms with Crippen molar-refractivity contribution in [2.75, 3.05) is 13.2 Å². The highest BCUT2D eigenvalue weighted by molar-refractivity contribution is 9.10. The molecule has 0 bridgehead atoms. The molecule has 1 aromatic rings. The Morgan fingerprint density at radius 3 is 2.70 bits per heavy atom. The third-order valence-corrected chi connectivity index (χ3v) is 5.12. The molecule has 1 aromatic carbocycles. The van der Waals surface area contributed by atoms with E-state index in [-0.39, 0.29) is 5.92 Å². The lowest BCUT2D eigenvalue weighted by Gasteiger charge is -2.27. The molecule has 0 amide bonds. The molecule has 23 heavy (non-hydrogen) atoms. The number of nitrogens with one attached hydrogen (secondary N) is 1. The minimum Gasteiger partial charge on any atom is -0.490 e. The van der Waals surface area contributed by atoms with Gasteiger partial charge in [0.25, 0.3) is 0 Å². The van der Waals surface area contributed by atoms with Gasteiger partial charge in [-0.15, -0.1) is 0 Å². The normalized spacial score (nSPS) is 24.0. The first kappa shape index (κ1) is 16.6. The Morgan fingerprint density at radius 1 is 1.22 bits per heavy atom. The van der Waals surface area contributed by atoms with Gasteiger partial charge >= 0.3 is 5.97 Å². The van der Waals surface area contributed by atoms with E-state index in [0.29, 0.717) is 19.3 Å². The largest absolute Gasteiger partial charge is 0.490 e. The average molecular weight is 384 g/mol. The molecule has 3 rings (SSSR count). The van der Waals surface area contributed by atoms with Crippen LogP contribution in [-0.4, -0.2) is 30.3 Å². The summed E-state index contributed by atoms with van der Waals surface area (Å²) in [5, 5.41) is 12.6. The first-order valence-corrected chi connectivity index (χ1v) is 8.97. The predicted octanol–water partition coefficient (Wildman–Crippen LogP) is 3.34. The Bertz CT molecular complexity index is 570. The fourth-order valence-corrected chi connectivity index (χ4v) is 3.80. The second-order valence-electron chi connectivity index (χ2n) is 6.22. The van der Waals surface area contributed by atoms with E-state index in [1.165, 1.54) is 0 Å². The number of carboxylic acid groups (broad SMARTS) is 1. The Kier molecular flexibility index (Phi) is 5.43. The number of ether oxygens (including phenoxy) is 2. The zero-order chi connectivity index (χ0) is 16.2. The zero-order valence-electron chi connectivity index (χ0n) is 13.0. The highest BCUT2D eigenvalue weighted by atomic mass is 79.9. The molecule has 0 aromatic heterocycles. The lowest BCUT2D eigenvalue weighted by molar-refractivity contribution is -0.142. The Labute approximate surface area is 144 Å². The predicted molar refractivity (Wildman–Crippen MR) is 90.0 cm³/mol. The maximum atomic E-state index is 11.0. The third-order valence-electron chi connectivity index (χ3n) is 4.53. The van der Waals surface area contributed by atoms with Crippen molar-refractivity contribution in [1.29, 1.82) is 0 Å². The first-order chi connectivity index (χ1) is 11.1. The summed E-state index contributed by atoms with van der Waals surface area (Å²) in [5.74, 6) is 0.756. The van der Waals surface area contributed by atoms with Gasteiger partial charge in [-0.05, 0) is 59.3 Å². The molecule has 1 fully saturated rings. The van der Waals surface area contributed by atoms with Crippen molar-refractivity contribution in [1.82, 2.24) is 5.32 Å². The lowest BCUT2D eigenvalue weighted by atomic mass is 9.86. The first-order valence-electron chi connectivity index (χ1n) is 8.17. The summed E-state index contributed by atoms with van der Waals surface area (Å²) in [4.78, 5) is 11.0. The van der Waals surface area contributed by atoms with Crippen molar-refractivity contribution < 1.29 is 19.4 Å². The van der Waals surface area contributed by atoms with Crippen molar-refractivity contribution in [2.24, 2.45) is 5.92 Å². The van der Waals surface area contributed by atoms with Gasteiger partial charge in [0, 0.05) is 19.0 Å². The van der Waals surface area contributed by atoms with Gasteiger partial charge in [-0.2, -0.15) is 0 Å². The van der Waals surface area contributed by atoms with Crippen LogP contribution < -0.4 is 14.8 Å². The minimum atomic E-state index is -0.657. The summed E-state index contributed by atoms with van der Waals surface area (Å²) in [7, 11) is 0. The van der Waals surface area contributed by atoms with Crippen LogP contribution in [0.1, 0.15) is 37.7 Å². The van der Waals surface area contributed by atoms with Crippen LogP contribution in [0.3, 0.4) is 0 Å². The van der Waals surface area contributed by atoms with Crippen LogP contribution in [0.5, 0.6) is 11.5 Å². The number of carboxylic acids is 1. The molecule has 2 N–H and O–H groups in total. The van der Waals surface area contributed by atoms with Crippen molar-refractivity contribution in [3.8, 4) is 11.5 Å². The fraction of sp³-hybridized carbons (Fsp3) is 0.588. The summed E-state index contributed by atoms with van der Waals surface area (Å²) < 4.78 is 12.4. The van der Waals surface area contributed by atoms with E-state index in [0.717, 1.165) is 60.2 Å². The van der Waals surface area contributed by atoms with E-state index in [9.17, 15) is 4.79 Å². The monoisotopic (exact) mass is 383 g/mol. The zero-order valence-corrected chi connectivity index (χ0v) is 14.6. The third kappa shape index (κ3) is 4.18. The fourth-order valence-electron chi connectivity index (χ4n) is 3.19. The smallest absolute Gasteiger partial charge is 0.306 e. The quantitative estimate of drug-likeness (QED) is 0.834. The Hall–Kier alpha value is -1.27. The Morgan fingerprint density at radius 2 is 1.96 bits per heavy atom. The van der Waals surface area contributed by atoms with Crippen LogP contribution in [0.4, 0.5) is 0 Å². The summed E-state index contributed by atoms with van der Waals surface area (Å²) in [6.07, 6.45) is 4.25. The van der Waals surface area contributed by atoms with E-state index < -0.39 is 5.97 Å². The van der Waals surface area contributed by atoms with Crippen LogP contribution in [-0.2, 0) is 11.3 Å². The number of rotatable bonds is 4. The van der Waals surface area contributed by atoms with Crippen LogP contribution >= 0.6 is 15.9 Å². The van der Waals surface area contributed by atoms with E-state index in [1.54, 1.807) is 0 Å². The molecule has 0 spiro atoms. The molecule has 6 heteroatoms. The molecule has 5 nitrogen and oxygen atoms in total. The molecule has 0 radical (unpaired) electrons. The highest BCUT2D eigenvalue weighted by Gasteiger charge is 2.25. The van der Waals surface area contributed by atoms with E-state index in [2.05, 4.69) is 27.3 Å². The van der Waals surface area contributed by atoms with Crippen LogP contribution in [0.25, 0.3) is 0 Å². The number of fused-ring (bicyclic) bond motifs is 1. The van der Waals surface area contributed by atoms with Gasteiger partial charge in [0.1, 0.15) is 0 Å². The molecular weight excluding hydrogens is 362 g/mol. The standard InChI is InChI=1S/C17H22BrNO4/c18-14-8-11(9-15-16(14)23-7-1-6-22-15)10-19-13-4-2-12(3-5-13)17(20)21/h8-9,12-13,19H,1-7,10H2,(H,20,21). The number of hydrogen-bond donors (Lipinski definition) is 2. The van der Waals surface area contributed by atoms with E-state index in [4.69, 9.17) is 14.6 Å².